The fourth-order valence-electron chi connectivity index (χ4n) is 5.16. The van der Waals surface area contributed by atoms with Gasteiger partial charge >= 0.3 is 0 Å². The Morgan fingerprint density at radius 3 is 2.48 bits per heavy atom. The van der Waals surface area contributed by atoms with E-state index in [1.807, 2.05) is 13.8 Å². The van der Waals surface area contributed by atoms with Gasteiger partial charge in [0.15, 0.2) is 11.5 Å². The summed E-state index contributed by atoms with van der Waals surface area (Å²) in [5.74, 6) is -0.164. The molecule has 1 fully saturated rings. The van der Waals surface area contributed by atoms with E-state index in [0.29, 0.717) is 38.0 Å². The van der Waals surface area contributed by atoms with Crippen molar-refractivity contribution in [1.29, 1.82) is 0 Å². The number of nitrogens with zero attached hydrogens (tertiary/aromatic N) is 1. The van der Waals surface area contributed by atoms with Crippen molar-refractivity contribution in [2.45, 2.75) is 89.3 Å². The molecule has 0 radical (unpaired) electrons. The molecule has 0 aromatic heterocycles. The lowest BCUT2D eigenvalue weighted by Gasteiger charge is -2.37. The van der Waals surface area contributed by atoms with Crippen LogP contribution >= 0.6 is 11.6 Å². The van der Waals surface area contributed by atoms with Gasteiger partial charge in [0.05, 0.1) is 23.6 Å². The number of carbonyl (C=O) groups excluding carboxylic acids is 2. The summed E-state index contributed by atoms with van der Waals surface area (Å²) < 4.78 is 11.9. The van der Waals surface area contributed by atoms with Crippen LogP contribution < -0.4 is 0 Å². The first kappa shape index (κ1) is 24.3. The summed E-state index contributed by atoms with van der Waals surface area (Å²) in [5, 5.41) is -0.0214. The Kier molecular flexibility index (Phi) is 6.93. The van der Waals surface area contributed by atoms with Crippen LogP contribution in [0, 0.1) is 5.92 Å². The third-order valence-corrected chi connectivity index (χ3v) is 7.36. The molecule has 2 heterocycles. The van der Waals surface area contributed by atoms with Crippen LogP contribution in [-0.4, -0.2) is 47.3 Å². The number of ketones is 1. The van der Waals surface area contributed by atoms with Gasteiger partial charge in [0.1, 0.15) is 6.10 Å². The molecule has 0 N–H and O–H groups in total. The van der Waals surface area contributed by atoms with Crippen molar-refractivity contribution >= 4 is 23.3 Å². The Morgan fingerprint density at radius 1 is 1.15 bits per heavy atom. The highest BCUT2D eigenvalue weighted by molar-refractivity contribution is 6.21. The quantitative estimate of drug-likeness (QED) is 0.415. The van der Waals surface area contributed by atoms with Gasteiger partial charge in [0, 0.05) is 18.5 Å². The van der Waals surface area contributed by atoms with E-state index < -0.39 is 6.04 Å². The first-order valence-corrected chi connectivity index (χ1v) is 12.6. The number of halogens is 1. The second kappa shape index (κ2) is 9.42. The van der Waals surface area contributed by atoms with Crippen LogP contribution in [0.15, 0.2) is 35.6 Å². The van der Waals surface area contributed by atoms with Crippen molar-refractivity contribution < 1.29 is 19.1 Å². The normalized spacial score (nSPS) is 27.7. The van der Waals surface area contributed by atoms with Crippen LogP contribution in [0.25, 0.3) is 0 Å². The maximum Gasteiger partial charge on any atom is 0.290 e. The molecule has 33 heavy (non-hydrogen) atoms. The molecule has 5 nitrogen and oxygen atoms in total. The molecule has 1 saturated carbocycles. The first-order chi connectivity index (χ1) is 15.6. The smallest absolute Gasteiger partial charge is 0.290 e. The Balaban J connectivity index is 1.67. The highest BCUT2D eigenvalue weighted by atomic mass is 35.5. The van der Waals surface area contributed by atoms with Gasteiger partial charge in [-0.25, -0.2) is 0 Å². The molecule has 4 unspecified atom stereocenters. The van der Waals surface area contributed by atoms with Crippen molar-refractivity contribution in [3.8, 4) is 0 Å². The monoisotopic (exact) mass is 473 g/mol. The number of alkyl halides is 1. The summed E-state index contributed by atoms with van der Waals surface area (Å²) in [4.78, 5) is 29.0. The number of hydrogen-bond acceptors (Lipinski definition) is 4. The van der Waals surface area contributed by atoms with E-state index >= 15 is 0 Å². The molecule has 3 aliphatic rings. The lowest BCUT2D eigenvalue weighted by Crippen LogP contribution is -2.41. The minimum atomic E-state index is -0.426. The SMILES string of the molecule is CC(C)OCCCN1C(=O)C2=C(C(=O)C3CC(Cl)CCC3O2)C1c1ccc(C(C)(C)C)cc1. The van der Waals surface area contributed by atoms with E-state index in [9.17, 15) is 9.59 Å². The summed E-state index contributed by atoms with van der Waals surface area (Å²) in [5.41, 5.74) is 2.70. The zero-order valence-corrected chi connectivity index (χ0v) is 21.2. The van der Waals surface area contributed by atoms with Gasteiger partial charge < -0.3 is 14.4 Å². The summed E-state index contributed by atoms with van der Waals surface area (Å²) in [6.45, 7) is 11.6. The minimum Gasteiger partial charge on any atom is -0.483 e. The van der Waals surface area contributed by atoms with Crippen molar-refractivity contribution in [2.24, 2.45) is 5.92 Å². The predicted octanol–water partition coefficient (Wildman–Crippen LogP) is 5.31. The van der Waals surface area contributed by atoms with Gasteiger partial charge in [-0.2, -0.15) is 0 Å². The molecule has 0 spiro atoms. The van der Waals surface area contributed by atoms with Crippen molar-refractivity contribution in [1.82, 2.24) is 4.90 Å². The van der Waals surface area contributed by atoms with Gasteiger partial charge in [-0.1, -0.05) is 45.0 Å². The molecule has 0 saturated heterocycles. The van der Waals surface area contributed by atoms with Gasteiger partial charge in [-0.15, -0.1) is 11.6 Å². The van der Waals surface area contributed by atoms with Gasteiger partial charge in [-0.3, -0.25) is 9.59 Å². The number of carbonyl (C=O) groups is 2. The number of hydrogen-bond donors (Lipinski definition) is 0. The highest BCUT2D eigenvalue weighted by Crippen LogP contribution is 2.47. The predicted molar refractivity (Wildman–Crippen MR) is 129 cm³/mol. The van der Waals surface area contributed by atoms with E-state index in [0.717, 1.165) is 12.0 Å². The topological polar surface area (TPSA) is 55.8 Å². The fourth-order valence-corrected chi connectivity index (χ4v) is 5.48. The molecule has 4 rings (SSSR count). The highest BCUT2D eigenvalue weighted by Gasteiger charge is 2.52. The summed E-state index contributed by atoms with van der Waals surface area (Å²) in [6.07, 6.45) is 2.72. The number of fused-ring (bicyclic) bond motifs is 1. The van der Waals surface area contributed by atoms with E-state index in [-0.39, 0.29) is 46.4 Å². The standard InChI is InChI=1S/C27H36ClNO4/c1-16(2)32-14-6-13-29-23(17-7-9-18(10-8-17)27(3,4)5)22-24(30)20-15-19(28)11-12-21(20)33-25(22)26(29)31/h7-10,16,19-21,23H,6,11-15H2,1-5H3. The van der Waals surface area contributed by atoms with Crippen molar-refractivity contribution in [2.75, 3.05) is 13.2 Å². The third-order valence-electron chi connectivity index (χ3n) is 6.97. The molecule has 1 aliphatic carbocycles. The molecular weight excluding hydrogens is 438 g/mol. The summed E-state index contributed by atoms with van der Waals surface area (Å²) >= 11 is 6.41. The van der Waals surface area contributed by atoms with Crippen molar-refractivity contribution in [3.05, 3.63) is 46.7 Å². The molecule has 2 aliphatic heterocycles. The molecule has 1 aromatic carbocycles. The summed E-state index contributed by atoms with van der Waals surface area (Å²) in [7, 11) is 0. The second-order valence-corrected chi connectivity index (χ2v) is 11.4. The Hall–Kier alpha value is -1.85. The fraction of sp³-hybridized carbons (Fsp3) is 0.630. The minimum absolute atomic E-state index is 0.0214. The Labute approximate surface area is 202 Å². The Bertz CT molecular complexity index is 930. The van der Waals surface area contributed by atoms with E-state index in [2.05, 4.69) is 45.0 Å². The molecule has 6 heteroatoms. The average Bonchev–Trinajstić information content (AvgIpc) is 3.03. The van der Waals surface area contributed by atoms with E-state index in [1.54, 1.807) is 4.90 Å². The van der Waals surface area contributed by atoms with Crippen LogP contribution in [0.3, 0.4) is 0 Å². The number of rotatable bonds is 6. The van der Waals surface area contributed by atoms with Gasteiger partial charge in [0.25, 0.3) is 5.91 Å². The molecular formula is C27H36ClNO4. The number of benzene rings is 1. The zero-order valence-electron chi connectivity index (χ0n) is 20.4. The molecule has 4 atom stereocenters. The zero-order chi connectivity index (χ0) is 23.9. The molecule has 1 aromatic rings. The van der Waals surface area contributed by atoms with Crippen molar-refractivity contribution in [3.63, 3.8) is 0 Å². The lowest BCUT2D eigenvalue weighted by atomic mass is 9.77. The largest absolute Gasteiger partial charge is 0.483 e. The number of ether oxygens (including phenoxy) is 2. The van der Waals surface area contributed by atoms with Gasteiger partial charge in [-0.05, 0) is 56.1 Å². The maximum absolute atomic E-state index is 13.7. The molecule has 1 amide bonds. The lowest BCUT2D eigenvalue weighted by molar-refractivity contribution is -0.135. The van der Waals surface area contributed by atoms with Crippen LogP contribution in [0.4, 0.5) is 0 Å². The van der Waals surface area contributed by atoms with Crippen LogP contribution in [0.5, 0.6) is 0 Å². The Morgan fingerprint density at radius 2 is 1.85 bits per heavy atom. The van der Waals surface area contributed by atoms with Gasteiger partial charge in [0.2, 0.25) is 0 Å². The van der Waals surface area contributed by atoms with Crippen LogP contribution in [0.1, 0.15) is 77.5 Å². The van der Waals surface area contributed by atoms with Crippen LogP contribution in [0.2, 0.25) is 0 Å². The second-order valence-electron chi connectivity index (χ2n) is 10.8. The first-order valence-electron chi connectivity index (χ1n) is 12.2. The summed E-state index contributed by atoms with van der Waals surface area (Å²) in [6, 6.07) is 7.88. The van der Waals surface area contributed by atoms with E-state index in [4.69, 9.17) is 21.1 Å². The molecule has 180 valence electrons. The maximum atomic E-state index is 13.7. The third kappa shape index (κ3) is 4.85. The number of Topliss-reactive ketones (excluding diaryl/α,β-unsaturated/α-hetero) is 1. The number of amides is 1. The molecule has 0 bridgehead atoms. The average molecular weight is 474 g/mol. The van der Waals surface area contributed by atoms with E-state index in [1.165, 1.54) is 5.56 Å². The van der Waals surface area contributed by atoms with Crippen LogP contribution in [-0.2, 0) is 24.5 Å².